The van der Waals surface area contributed by atoms with Crippen LogP contribution in [0.3, 0.4) is 0 Å². The lowest BCUT2D eigenvalue weighted by Gasteiger charge is -2.02. The van der Waals surface area contributed by atoms with Crippen molar-refractivity contribution < 1.29 is 4.42 Å². The average molecular weight is 284 g/mol. The van der Waals surface area contributed by atoms with Gasteiger partial charge in [0.25, 0.3) is 0 Å². The fourth-order valence-electron chi connectivity index (χ4n) is 2.11. The largest absolute Gasteiger partial charge is 0.419 e. The predicted molar refractivity (Wildman–Crippen MR) is 77.3 cm³/mol. The van der Waals surface area contributed by atoms with Crippen LogP contribution in [-0.4, -0.2) is 25.2 Å². The van der Waals surface area contributed by atoms with Gasteiger partial charge in [0, 0.05) is 5.56 Å². The zero-order valence-corrected chi connectivity index (χ0v) is 11.7. The smallest absolute Gasteiger partial charge is 0.247 e. The number of nitrogens with two attached hydrogens (primary N) is 1. The van der Waals surface area contributed by atoms with Crippen molar-refractivity contribution in [3.63, 3.8) is 0 Å². The van der Waals surface area contributed by atoms with Crippen LogP contribution in [-0.2, 0) is 13.0 Å². The molecule has 0 radical (unpaired) electrons. The fourth-order valence-corrected chi connectivity index (χ4v) is 2.11. The Hall–Kier alpha value is -2.70. The third-order valence-corrected chi connectivity index (χ3v) is 3.13. The molecule has 7 nitrogen and oxygen atoms in total. The molecule has 3 rings (SSSR count). The summed E-state index contributed by atoms with van der Waals surface area (Å²) in [6.45, 7) is 2.45. The Bertz CT molecular complexity index is 718. The summed E-state index contributed by atoms with van der Waals surface area (Å²) >= 11 is 0. The van der Waals surface area contributed by atoms with Crippen LogP contribution in [0.15, 0.2) is 34.7 Å². The number of nitrogen functional groups attached to an aromatic ring is 1. The summed E-state index contributed by atoms with van der Waals surface area (Å²) in [5.74, 6) is 1.44. The quantitative estimate of drug-likeness (QED) is 0.768. The minimum Gasteiger partial charge on any atom is -0.419 e. The van der Waals surface area contributed by atoms with Gasteiger partial charge in [0.15, 0.2) is 5.82 Å². The van der Waals surface area contributed by atoms with E-state index in [1.165, 1.54) is 0 Å². The number of hydrogen-bond acceptors (Lipinski definition) is 6. The van der Waals surface area contributed by atoms with Gasteiger partial charge in [-0.1, -0.05) is 36.8 Å². The summed E-state index contributed by atoms with van der Waals surface area (Å²) in [6.07, 6.45) is 1.79. The van der Waals surface area contributed by atoms with Gasteiger partial charge in [-0.05, 0) is 18.6 Å². The van der Waals surface area contributed by atoms with Gasteiger partial charge in [0.05, 0.1) is 5.69 Å². The van der Waals surface area contributed by atoms with Crippen molar-refractivity contribution in [3.05, 3.63) is 41.9 Å². The van der Waals surface area contributed by atoms with Crippen molar-refractivity contribution in [2.75, 3.05) is 5.73 Å². The maximum atomic E-state index is 5.82. The summed E-state index contributed by atoms with van der Waals surface area (Å²) in [4.78, 5) is 0. The molecule has 7 heteroatoms. The standard InChI is InChI=1S/C14H16N6O/c1-2-6-11-13(15)17-19-20(11)9-12-16-18-14(21-12)10-7-4-3-5-8-10/h3-5,7-8H,2,6,9,15H2,1H3. The van der Waals surface area contributed by atoms with Crippen molar-refractivity contribution in [1.82, 2.24) is 25.2 Å². The molecule has 0 amide bonds. The van der Waals surface area contributed by atoms with E-state index in [-0.39, 0.29) is 0 Å². The second kappa shape index (κ2) is 5.74. The van der Waals surface area contributed by atoms with E-state index >= 15 is 0 Å². The molecule has 0 aliphatic carbocycles. The topological polar surface area (TPSA) is 95.7 Å². The molecule has 0 aliphatic rings. The third-order valence-electron chi connectivity index (χ3n) is 3.13. The molecule has 0 aliphatic heterocycles. The maximum absolute atomic E-state index is 5.82. The molecule has 21 heavy (non-hydrogen) atoms. The Morgan fingerprint density at radius 1 is 1.14 bits per heavy atom. The Labute approximate surface area is 121 Å². The monoisotopic (exact) mass is 284 g/mol. The summed E-state index contributed by atoms with van der Waals surface area (Å²) in [6, 6.07) is 9.64. The van der Waals surface area contributed by atoms with Crippen molar-refractivity contribution in [1.29, 1.82) is 0 Å². The van der Waals surface area contributed by atoms with Crippen molar-refractivity contribution in [3.8, 4) is 11.5 Å². The van der Waals surface area contributed by atoms with Crippen LogP contribution in [0.4, 0.5) is 5.82 Å². The summed E-state index contributed by atoms with van der Waals surface area (Å²) in [5, 5.41) is 16.0. The zero-order valence-electron chi connectivity index (χ0n) is 11.7. The molecular formula is C14H16N6O. The van der Waals surface area contributed by atoms with Crippen molar-refractivity contribution >= 4 is 5.82 Å². The Kier molecular flexibility index (Phi) is 3.63. The minimum absolute atomic E-state index is 0.374. The van der Waals surface area contributed by atoms with Gasteiger partial charge in [0.2, 0.25) is 11.8 Å². The molecule has 0 saturated carbocycles. The second-order valence-electron chi connectivity index (χ2n) is 4.70. The van der Waals surface area contributed by atoms with Gasteiger partial charge in [-0.2, -0.15) is 0 Å². The Balaban J connectivity index is 1.82. The summed E-state index contributed by atoms with van der Waals surface area (Å²) < 4.78 is 7.37. The van der Waals surface area contributed by atoms with Crippen LogP contribution in [0.2, 0.25) is 0 Å². The fraction of sp³-hybridized carbons (Fsp3) is 0.286. The Morgan fingerprint density at radius 2 is 1.95 bits per heavy atom. The van der Waals surface area contributed by atoms with Gasteiger partial charge in [-0.15, -0.1) is 15.3 Å². The first-order valence-electron chi connectivity index (χ1n) is 6.83. The van der Waals surface area contributed by atoms with Gasteiger partial charge < -0.3 is 10.2 Å². The number of nitrogens with zero attached hydrogens (tertiary/aromatic N) is 5. The highest BCUT2D eigenvalue weighted by Crippen LogP contribution is 2.18. The lowest BCUT2D eigenvalue weighted by molar-refractivity contribution is 0.462. The van der Waals surface area contributed by atoms with E-state index in [4.69, 9.17) is 10.2 Å². The van der Waals surface area contributed by atoms with E-state index in [0.29, 0.717) is 24.1 Å². The van der Waals surface area contributed by atoms with Crippen LogP contribution in [0.5, 0.6) is 0 Å². The molecule has 0 spiro atoms. The van der Waals surface area contributed by atoms with E-state index in [2.05, 4.69) is 27.4 Å². The summed E-state index contributed by atoms with van der Waals surface area (Å²) in [5.41, 5.74) is 7.61. The van der Waals surface area contributed by atoms with E-state index in [1.807, 2.05) is 30.3 Å². The average Bonchev–Trinajstić information content (AvgIpc) is 3.11. The highest BCUT2D eigenvalue weighted by atomic mass is 16.4. The molecule has 3 aromatic rings. The first-order valence-corrected chi connectivity index (χ1v) is 6.83. The number of benzene rings is 1. The molecule has 2 aromatic heterocycles. The van der Waals surface area contributed by atoms with Crippen LogP contribution in [0, 0.1) is 0 Å². The molecule has 0 atom stereocenters. The highest BCUT2D eigenvalue weighted by molar-refractivity contribution is 5.51. The molecule has 0 unspecified atom stereocenters. The molecule has 0 bridgehead atoms. The molecule has 108 valence electrons. The minimum atomic E-state index is 0.374. The first kappa shape index (κ1) is 13.3. The van der Waals surface area contributed by atoms with E-state index in [0.717, 1.165) is 24.1 Å². The number of aromatic nitrogens is 5. The molecule has 2 N–H and O–H groups in total. The molecule has 2 heterocycles. The molecular weight excluding hydrogens is 268 g/mol. The molecule has 0 fully saturated rings. The van der Waals surface area contributed by atoms with Crippen LogP contribution in [0.25, 0.3) is 11.5 Å². The lowest BCUT2D eigenvalue weighted by atomic mass is 10.2. The highest BCUT2D eigenvalue weighted by Gasteiger charge is 2.13. The maximum Gasteiger partial charge on any atom is 0.247 e. The third kappa shape index (κ3) is 2.76. The van der Waals surface area contributed by atoms with Crippen LogP contribution >= 0.6 is 0 Å². The molecule has 0 saturated heterocycles. The van der Waals surface area contributed by atoms with E-state index < -0.39 is 0 Å². The normalized spacial score (nSPS) is 10.9. The number of hydrogen-bond donors (Lipinski definition) is 1. The van der Waals surface area contributed by atoms with Crippen molar-refractivity contribution in [2.45, 2.75) is 26.3 Å². The summed E-state index contributed by atoms with van der Waals surface area (Å²) in [7, 11) is 0. The predicted octanol–water partition coefficient (Wildman–Crippen LogP) is 1.91. The Morgan fingerprint density at radius 3 is 2.71 bits per heavy atom. The van der Waals surface area contributed by atoms with Crippen LogP contribution < -0.4 is 5.73 Å². The van der Waals surface area contributed by atoms with E-state index in [9.17, 15) is 0 Å². The van der Waals surface area contributed by atoms with Gasteiger partial charge >= 0.3 is 0 Å². The lowest BCUT2D eigenvalue weighted by Crippen LogP contribution is -2.07. The van der Waals surface area contributed by atoms with Crippen LogP contribution in [0.1, 0.15) is 24.9 Å². The van der Waals surface area contributed by atoms with Gasteiger partial charge in [-0.3, -0.25) is 0 Å². The van der Waals surface area contributed by atoms with Gasteiger partial charge in [0.1, 0.15) is 6.54 Å². The first-order chi connectivity index (χ1) is 10.3. The number of rotatable bonds is 5. The van der Waals surface area contributed by atoms with Gasteiger partial charge in [-0.25, -0.2) is 4.68 Å². The van der Waals surface area contributed by atoms with E-state index in [1.54, 1.807) is 4.68 Å². The number of anilines is 1. The SMILES string of the molecule is CCCc1c(N)nnn1Cc1nnc(-c2ccccc2)o1. The molecule has 1 aromatic carbocycles. The second-order valence-corrected chi connectivity index (χ2v) is 4.70. The zero-order chi connectivity index (χ0) is 14.7. The van der Waals surface area contributed by atoms with Crippen molar-refractivity contribution in [2.24, 2.45) is 0 Å².